The van der Waals surface area contributed by atoms with Gasteiger partial charge in [0.1, 0.15) is 0 Å². The topological polar surface area (TPSA) is 167 Å². The fourth-order valence-electron chi connectivity index (χ4n) is 2.06. The lowest BCUT2D eigenvalue weighted by Gasteiger charge is -2.06. The lowest BCUT2D eigenvalue weighted by molar-refractivity contribution is -0.420. The van der Waals surface area contributed by atoms with Gasteiger partial charge in [-0.2, -0.15) is 0 Å². The van der Waals surface area contributed by atoms with Crippen LogP contribution >= 0.6 is 0 Å². The SMILES string of the molecule is CCCc1cc[nH+]cc1C.O=[N+]([O-])c1cc([N+](=O)[O-])c([O-])c([N+](=O)[O-])c1. The van der Waals surface area contributed by atoms with Gasteiger partial charge >= 0.3 is 0 Å². The van der Waals surface area contributed by atoms with Gasteiger partial charge in [-0.25, -0.2) is 4.98 Å². The summed E-state index contributed by atoms with van der Waals surface area (Å²) in [7, 11) is 0. The molecule has 0 aliphatic heterocycles. The molecule has 1 aromatic carbocycles. The number of benzene rings is 1. The van der Waals surface area contributed by atoms with Crippen LogP contribution in [0.15, 0.2) is 30.6 Å². The van der Waals surface area contributed by atoms with Crippen molar-refractivity contribution in [2.75, 3.05) is 0 Å². The van der Waals surface area contributed by atoms with E-state index in [1.54, 1.807) is 0 Å². The second kappa shape index (κ2) is 9.01. The molecule has 0 saturated carbocycles. The molecule has 0 radical (unpaired) electrons. The first-order valence-electron chi connectivity index (χ1n) is 7.42. The van der Waals surface area contributed by atoms with Crippen molar-refractivity contribution in [2.24, 2.45) is 0 Å². The number of nitro benzene ring substituents is 3. The highest BCUT2D eigenvalue weighted by atomic mass is 16.6. The zero-order chi connectivity index (χ0) is 19.9. The van der Waals surface area contributed by atoms with Crippen LogP contribution in [0.2, 0.25) is 0 Å². The quantitative estimate of drug-likeness (QED) is 0.579. The van der Waals surface area contributed by atoms with E-state index in [4.69, 9.17) is 0 Å². The van der Waals surface area contributed by atoms with Crippen LogP contribution in [0, 0.1) is 37.3 Å². The van der Waals surface area contributed by atoms with E-state index in [2.05, 4.69) is 24.9 Å². The summed E-state index contributed by atoms with van der Waals surface area (Å²) in [5, 5.41) is 42.1. The van der Waals surface area contributed by atoms with Crippen molar-refractivity contribution in [2.45, 2.75) is 26.7 Å². The van der Waals surface area contributed by atoms with E-state index in [0.29, 0.717) is 12.1 Å². The van der Waals surface area contributed by atoms with Gasteiger partial charge in [-0.05, 0) is 18.9 Å². The highest BCUT2D eigenvalue weighted by molar-refractivity contribution is 5.63. The Bertz CT molecular complexity index is 803. The maximum absolute atomic E-state index is 11.1. The van der Waals surface area contributed by atoms with Crippen molar-refractivity contribution in [3.8, 4) is 5.75 Å². The largest absolute Gasteiger partial charge is 0.863 e. The molecule has 0 aliphatic carbocycles. The van der Waals surface area contributed by atoms with Crippen molar-refractivity contribution in [3.63, 3.8) is 0 Å². The van der Waals surface area contributed by atoms with Gasteiger partial charge in [0.25, 0.3) is 17.1 Å². The summed E-state index contributed by atoms with van der Waals surface area (Å²) >= 11 is 0. The zero-order valence-electron chi connectivity index (χ0n) is 14.0. The lowest BCUT2D eigenvalue weighted by Crippen LogP contribution is -2.04. The predicted molar refractivity (Wildman–Crippen MR) is 87.6 cm³/mol. The molecule has 0 fully saturated rings. The van der Waals surface area contributed by atoms with Crippen LogP contribution < -0.4 is 10.1 Å². The fraction of sp³-hybridized carbons (Fsp3) is 0.267. The molecule has 26 heavy (non-hydrogen) atoms. The number of pyridine rings is 1. The predicted octanol–water partition coefficient (Wildman–Crippen LogP) is 2.25. The molecule has 1 N–H and O–H groups in total. The van der Waals surface area contributed by atoms with Crippen molar-refractivity contribution >= 4 is 17.1 Å². The van der Waals surface area contributed by atoms with Crippen LogP contribution in [0.3, 0.4) is 0 Å². The highest BCUT2D eigenvalue weighted by Gasteiger charge is 2.24. The maximum atomic E-state index is 11.1. The summed E-state index contributed by atoms with van der Waals surface area (Å²) in [6, 6.07) is 2.92. The smallest absolute Gasteiger partial charge is 0.283 e. The first-order chi connectivity index (χ1) is 12.2. The number of H-pyrrole nitrogens is 1. The van der Waals surface area contributed by atoms with Crippen molar-refractivity contribution in [1.82, 2.24) is 0 Å². The molecule has 0 amide bonds. The van der Waals surface area contributed by atoms with Gasteiger partial charge in [0, 0.05) is 11.6 Å². The fourth-order valence-corrected chi connectivity index (χ4v) is 2.06. The third-order valence-electron chi connectivity index (χ3n) is 3.35. The molecular formula is C15H16N4O7. The molecule has 138 valence electrons. The molecule has 0 unspecified atom stereocenters. The van der Waals surface area contributed by atoms with E-state index in [-0.39, 0.29) is 0 Å². The van der Waals surface area contributed by atoms with Gasteiger partial charge < -0.3 is 5.11 Å². The summed E-state index contributed by atoms with van der Waals surface area (Å²) in [4.78, 5) is 30.6. The van der Waals surface area contributed by atoms with E-state index in [0.717, 1.165) is 0 Å². The summed E-state index contributed by atoms with van der Waals surface area (Å²) in [5.74, 6) is -1.46. The van der Waals surface area contributed by atoms with Gasteiger partial charge in [-0.1, -0.05) is 13.3 Å². The summed E-state index contributed by atoms with van der Waals surface area (Å²) in [6.07, 6.45) is 6.45. The van der Waals surface area contributed by atoms with Gasteiger partial charge in [0.05, 0.1) is 32.7 Å². The van der Waals surface area contributed by atoms with E-state index in [1.165, 1.54) is 24.0 Å². The van der Waals surface area contributed by atoms with Crippen LogP contribution in [0.5, 0.6) is 5.75 Å². The Hall–Kier alpha value is -3.63. The Morgan fingerprint density at radius 1 is 1.00 bits per heavy atom. The van der Waals surface area contributed by atoms with E-state index in [9.17, 15) is 35.4 Å². The van der Waals surface area contributed by atoms with Crippen LogP contribution in [-0.4, -0.2) is 14.8 Å². The number of nitro groups is 3. The summed E-state index contributed by atoms with van der Waals surface area (Å²) < 4.78 is 0. The molecule has 11 nitrogen and oxygen atoms in total. The maximum Gasteiger partial charge on any atom is 0.283 e. The molecule has 1 aromatic heterocycles. The van der Waals surface area contributed by atoms with E-state index < -0.39 is 37.6 Å². The summed E-state index contributed by atoms with van der Waals surface area (Å²) in [6.45, 7) is 4.34. The van der Waals surface area contributed by atoms with Gasteiger partial charge in [0.15, 0.2) is 12.4 Å². The Labute approximate surface area is 147 Å². The standard InChI is InChI=1S/C9H13N.C6H3N3O7/c1-3-4-9-5-6-10-7-8(9)2;10-6-4(8(13)14)1-3(7(11)12)2-5(6)9(15)16/h5-7H,3-4H2,1-2H3;1-2,10H. The highest BCUT2D eigenvalue weighted by Crippen LogP contribution is 2.36. The number of rotatable bonds is 5. The second-order valence-electron chi connectivity index (χ2n) is 5.19. The number of non-ortho nitro benzene ring substituents is 1. The Kier molecular flexibility index (Phi) is 7.08. The lowest BCUT2D eigenvalue weighted by atomic mass is 10.1. The number of nitrogens with zero attached hydrogens (tertiary/aromatic N) is 3. The number of nitrogens with one attached hydrogen (secondary N) is 1. The number of aromatic amines is 1. The molecule has 2 aromatic rings. The zero-order valence-corrected chi connectivity index (χ0v) is 14.0. The molecular weight excluding hydrogens is 348 g/mol. The van der Waals surface area contributed by atoms with Crippen LogP contribution in [-0.2, 0) is 6.42 Å². The Morgan fingerprint density at radius 3 is 1.92 bits per heavy atom. The number of aryl methyl sites for hydroxylation is 2. The minimum absolute atomic E-state index is 0.384. The Morgan fingerprint density at radius 2 is 1.54 bits per heavy atom. The average molecular weight is 364 g/mol. The molecule has 1 heterocycles. The minimum atomic E-state index is -1.46. The van der Waals surface area contributed by atoms with Gasteiger partial charge in [-0.15, -0.1) is 0 Å². The van der Waals surface area contributed by atoms with Crippen molar-refractivity contribution in [3.05, 3.63) is 72.1 Å². The number of hydrogen-bond donors (Lipinski definition) is 0. The van der Waals surface area contributed by atoms with Crippen molar-refractivity contribution < 1.29 is 24.9 Å². The number of aromatic nitrogens is 1. The normalized spacial score (nSPS) is 9.77. The molecule has 2 rings (SSSR count). The van der Waals surface area contributed by atoms with Crippen LogP contribution in [0.4, 0.5) is 17.1 Å². The third-order valence-corrected chi connectivity index (χ3v) is 3.35. The van der Waals surface area contributed by atoms with Gasteiger partial charge in [-0.3, -0.25) is 30.3 Å². The molecule has 0 saturated heterocycles. The van der Waals surface area contributed by atoms with Crippen molar-refractivity contribution in [1.29, 1.82) is 0 Å². The molecule has 0 bridgehead atoms. The minimum Gasteiger partial charge on any atom is -0.863 e. The average Bonchev–Trinajstić information content (AvgIpc) is 2.57. The number of hydrogen-bond acceptors (Lipinski definition) is 7. The molecule has 0 spiro atoms. The van der Waals surface area contributed by atoms with E-state index in [1.807, 2.05) is 12.4 Å². The van der Waals surface area contributed by atoms with E-state index >= 15 is 0 Å². The summed E-state index contributed by atoms with van der Waals surface area (Å²) in [5.41, 5.74) is -0.439. The third kappa shape index (κ3) is 5.19. The van der Waals surface area contributed by atoms with Crippen LogP contribution in [0.1, 0.15) is 24.5 Å². The van der Waals surface area contributed by atoms with Crippen LogP contribution in [0.25, 0.3) is 0 Å². The van der Waals surface area contributed by atoms with Gasteiger partial charge in [0.2, 0.25) is 0 Å². The second-order valence-corrected chi connectivity index (χ2v) is 5.19. The molecule has 0 aliphatic rings. The monoisotopic (exact) mass is 364 g/mol. The first kappa shape index (κ1) is 20.4. The first-order valence-corrected chi connectivity index (χ1v) is 7.42. The Balaban J connectivity index is 0.000000289. The molecule has 0 atom stereocenters. The molecule has 11 heteroatoms.